The van der Waals surface area contributed by atoms with Gasteiger partial charge in [0.05, 0.1) is 7.11 Å². The van der Waals surface area contributed by atoms with Crippen LogP contribution in [-0.2, 0) is 13.0 Å². The van der Waals surface area contributed by atoms with Gasteiger partial charge in [0.1, 0.15) is 11.6 Å². The average molecular weight is 392 g/mol. The van der Waals surface area contributed by atoms with Gasteiger partial charge in [0.15, 0.2) is 0 Å². The predicted molar refractivity (Wildman–Crippen MR) is 114 cm³/mol. The van der Waals surface area contributed by atoms with Crippen LogP contribution in [0.25, 0.3) is 0 Å². The average Bonchev–Trinajstić information content (AvgIpc) is 2.74. The summed E-state index contributed by atoms with van der Waals surface area (Å²) < 4.78 is 5.10. The highest BCUT2D eigenvalue weighted by atomic mass is 16.5. The van der Waals surface area contributed by atoms with Crippen molar-refractivity contribution in [2.45, 2.75) is 13.0 Å². The Hall–Kier alpha value is -3.81. The van der Waals surface area contributed by atoms with Gasteiger partial charge in [0.25, 0.3) is 5.91 Å². The SMILES string of the molecule is COc1ccc(C(=O)NCCc2ccc(NCc3cnc(N)nc3N)cc2)cc1. The zero-order valence-corrected chi connectivity index (χ0v) is 16.2. The molecule has 0 bridgehead atoms. The van der Waals surface area contributed by atoms with Crippen molar-refractivity contribution < 1.29 is 9.53 Å². The smallest absolute Gasteiger partial charge is 0.251 e. The van der Waals surface area contributed by atoms with Crippen LogP contribution in [-0.4, -0.2) is 29.5 Å². The number of methoxy groups -OCH3 is 1. The number of carbonyl (C=O) groups excluding carboxylic acids is 1. The van der Waals surface area contributed by atoms with E-state index in [9.17, 15) is 4.79 Å². The quantitative estimate of drug-likeness (QED) is 0.463. The number of nitrogens with one attached hydrogen (secondary N) is 2. The van der Waals surface area contributed by atoms with Gasteiger partial charge in [-0.2, -0.15) is 4.98 Å². The number of nitrogens with two attached hydrogens (primary N) is 2. The van der Waals surface area contributed by atoms with Crippen LogP contribution in [0.15, 0.2) is 54.7 Å². The molecule has 3 aromatic rings. The van der Waals surface area contributed by atoms with Gasteiger partial charge in [-0.1, -0.05) is 12.1 Å². The van der Waals surface area contributed by atoms with E-state index in [0.717, 1.165) is 29.0 Å². The van der Waals surface area contributed by atoms with Crippen LogP contribution in [0.1, 0.15) is 21.5 Å². The van der Waals surface area contributed by atoms with E-state index in [4.69, 9.17) is 16.2 Å². The second-order valence-electron chi connectivity index (χ2n) is 6.42. The van der Waals surface area contributed by atoms with E-state index < -0.39 is 0 Å². The molecule has 0 saturated carbocycles. The topological polar surface area (TPSA) is 128 Å². The normalized spacial score (nSPS) is 10.4. The molecular formula is C21H24N6O2. The molecule has 0 aliphatic heterocycles. The predicted octanol–water partition coefficient (Wildman–Crippen LogP) is 2.23. The van der Waals surface area contributed by atoms with Gasteiger partial charge >= 0.3 is 0 Å². The molecule has 0 fully saturated rings. The van der Waals surface area contributed by atoms with Crippen molar-refractivity contribution in [3.8, 4) is 5.75 Å². The van der Waals surface area contributed by atoms with Gasteiger partial charge in [-0.3, -0.25) is 4.79 Å². The number of rotatable bonds is 8. The molecule has 1 amide bonds. The lowest BCUT2D eigenvalue weighted by Gasteiger charge is -2.10. The Morgan fingerprint density at radius 3 is 2.45 bits per heavy atom. The Morgan fingerprint density at radius 2 is 1.79 bits per heavy atom. The van der Waals surface area contributed by atoms with E-state index in [-0.39, 0.29) is 11.9 Å². The van der Waals surface area contributed by atoms with Crippen LogP contribution in [0.2, 0.25) is 0 Å². The molecule has 0 aliphatic carbocycles. The first-order valence-corrected chi connectivity index (χ1v) is 9.17. The lowest BCUT2D eigenvalue weighted by atomic mass is 10.1. The molecular weight excluding hydrogens is 368 g/mol. The Kier molecular flexibility index (Phi) is 6.47. The fraction of sp³-hybridized carbons (Fsp3) is 0.190. The molecule has 1 heterocycles. The number of anilines is 3. The number of nitrogens with zero attached hydrogens (tertiary/aromatic N) is 2. The first-order valence-electron chi connectivity index (χ1n) is 9.17. The third kappa shape index (κ3) is 5.58. The van der Waals surface area contributed by atoms with E-state index >= 15 is 0 Å². The summed E-state index contributed by atoms with van der Waals surface area (Å²) in [5.41, 5.74) is 14.8. The van der Waals surface area contributed by atoms with Crippen LogP contribution < -0.4 is 26.8 Å². The minimum Gasteiger partial charge on any atom is -0.497 e. The van der Waals surface area contributed by atoms with Crippen molar-refractivity contribution in [1.82, 2.24) is 15.3 Å². The third-order valence-corrected chi connectivity index (χ3v) is 4.40. The first kappa shape index (κ1) is 19.9. The number of carbonyl (C=O) groups is 1. The molecule has 0 spiro atoms. The Balaban J connectivity index is 1.45. The van der Waals surface area contributed by atoms with Crippen LogP contribution >= 0.6 is 0 Å². The van der Waals surface area contributed by atoms with Gasteiger partial charge in [-0.25, -0.2) is 4.98 Å². The van der Waals surface area contributed by atoms with Crippen LogP contribution in [0.3, 0.4) is 0 Å². The molecule has 3 rings (SSSR count). The number of ether oxygens (including phenoxy) is 1. The summed E-state index contributed by atoms with van der Waals surface area (Å²) in [5.74, 6) is 1.15. The van der Waals surface area contributed by atoms with Crippen molar-refractivity contribution in [2.24, 2.45) is 0 Å². The largest absolute Gasteiger partial charge is 0.497 e. The number of hydrogen-bond acceptors (Lipinski definition) is 7. The summed E-state index contributed by atoms with van der Waals surface area (Å²) in [7, 11) is 1.59. The van der Waals surface area contributed by atoms with Crippen LogP contribution in [0.5, 0.6) is 5.75 Å². The standard InChI is InChI=1S/C21H24N6O2/c1-29-18-8-4-15(5-9-18)20(28)24-11-10-14-2-6-17(7-3-14)25-12-16-13-26-21(23)27-19(16)22/h2-9,13,25H,10-12H2,1H3,(H,24,28)(H4,22,23,26,27). The highest BCUT2D eigenvalue weighted by Crippen LogP contribution is 2.14. The van der Waals surface area contributed by atoms with Gasteiger partial charge in [0.2, 0.25) is 5.95 Å². The van der Waals surface area contributed by atoms with Gasteiger partial charge < -0.3 is 26.8 Å². The first-order chi connectivity index (χ1) is 14.0. The van der Waals surface area contributed by atoms with E-state index in [1.54, 1.807) is 37.6 Å². The zero-order chi connectivity index (χ0) is 20.6. The van der Waals surface area contributed by atoms with Crippen LogP contribution in [0.4, 0.5) is 17.5 Å². The number of benzene rings is 2. The summed E-state index contributed by atoms with van der Waals surface area (Å²) in [6.07, 6.45) is 2.35. The molecule has 0 atom stereocenters. The van der Waals surface area contributed by atoms with Crippen molar-refractivity contribution in [1.29, 1.82) is 0 Å². The molecule has 2 aromatic carbocycles. The maximum absolute atomic E-state index is 12.2. The second kappa shape index (κ2) is 9.41. The Bertz CT molecular complexity index is 958. The van der Waals surface area contributed by atoms with E-state index in [2.05, 4.69) is 20.6 Å². The fourth-order valence-corrected chi connectivity index (χ4v) is 2.72. The van der Waals surface area contributed by atoms with E-state index in [1.165, 1.54) is 0 Å². The Morgan fingerprint density at radius 1 is 1.07 bits per heavy atom. The summed E-state index contributed by atoms with van der Waals surface area (Å²) in [5, 5.41) is 6.20. The molecule has 0 saturated heterocycles. The van der Waals surface area contributed by atoms with Crippen molar-refractivity contribution in [3.05, 3.63) is 71.4 Å². The Labute approximate surface area is 169 Å². The summed E-state index contributed by atoms with van der Waals surface area (Å²) in [4.78, 5) is 20.1. The van der Waals surface area contributed by atoms with Crippen LogP contribution in [0, 0.1) is 0 Å². The molecule has 0 aliphatic rings. The van der Waals surface area contributed by atoms with Crippen molar-refractivity contribution >= 4 is 23.4 Å². The number of nitrogen functional groups attached to an aromatic ring is 2. The molecule has 0 radical (unpaired) electrons. The lowest BCUT2D eigenvalue weighted by molar-refractivity contribution is 0.0954. The summed E-state index contributed by atoms with van der Waals surface area (Å²) in [6.45, 7) is 1.06. The molecule has 8 heteroatoms. The zero-order valence-electron chi connectivity index (χ0n) is 16.2. The molecule has 29 heavy (non-hydrogen) atoms. The van der Waals surface area contributed by atoms with E-state index in [1.807, 2.05) is 24.3 Å². The van der Waals surface area contributed by atoms with Crippen molar-refractivity contribution in [3.63, 3.8) is 0 Å². The summed E-state index contributed by atoms with van der Waals surface area (Å²) >= 11 is 0. The van der Waals surface area contributed by atoms with Crippen molar-refractivity contribution in [2.75, 3.05) is 30.4 Å². The maximum atomic E-state index is 12.2. The fourth-order valence-electron chi connectivity index (χ4n) is 2.72. The molecule has 1 aromatic heterocycles. The van der Waals surface area contributed by atoms with Gasteiger partial charge in [-0.05, 0) is 48.4 Å². The second-order valence-corrected chi connectivity index (χ2v) is 6.42. The molecule has 8 nitrogen and oxygen atoms in total. The molecule has 150 valence electrons. The maximum Gasteiger partial charge on any atom is 0.251 e. The minimum absolute atomic E-state index is 0.103. The highest BCUT2D eigenvalue weighted by molar-refractivity contribution is 5.94. The summed E-state index contributed by atoms with van der Waals surface area (Å²) in [6, 6.07) is 15.0. The lowest BCUT2D eigenvalue weighted by Crippen LogP contribution is -2.25. The van der Waals surface area contributed by atoms with E-state index in [0.29, 0.717) is 24.5 Å². The number of aromatic nitrogens is 2. The highest BCUT2D eigenvalue weighted by Gasteiger charge is 2.06. The number of hydrogen-bond donors (Lipinski definition) is 4. The van der Waals surface area contributed by atoms with Gasteiger partial charge in [0, 0.05) is 36.1 Å². The number of amides is 1. The molecule has 6 N–H and O–H groups in total. The monoisotopic (exact) mass is 392 g/mol. The third-order valence-electron chi connectivity index (χ3n) is 4.40. The molecule has 0 unspecified atom stereocenters. The van der Waals surface area contributed by atoms with Gasteiger partial charge in [-0.15, -0.1) is 0 Å². The minimum atomic E-state index is -0.103.